The van der Waals surface area contributed by atoms with Crippen molar-refractivity contribution in [2.24, 2.45) is 5.92 Å². The summed E-state index contributed by atoms with van der Waals surface area (Å²) in [4.78, 5) is 27.1. The minimum Gasteiger partial charge on any atom is -0.490 e. The molecular weight excluding hydrogens is 388 g/mol. The molecule has 0 bridgehead atoms. The first-order valence-electron chi connectivity index (χ1n) is 9.46. The number of nitrogens with zero attached hydrogens (tertiary/aromatic N) is 1. The summed E-state index contributed by atoms with van der Waals surface area (Å²) in [5.41, 5.74) is 1.43. The monoisotopic (exact) mass is 414 g/mol. The fourth-order valence-corrected chi connectivity index (χ4v) is 2.90. The van der Waals surface area contributed by atoms with Crippen molar-refractivity contribution in [3.05, 3.63) is 77.3 Å². The molecule has 0 heterocycles. The van der Waals surface area contributed by atoms with Crippen molar-refractivity contribution >= 4 is 23.4 Å². The summed E-state index contributed by atoms with van der Waals surface area (Å²) in [6.07, 6.45) is 1.69. The molecule has 5 nitrogen and oxygen atoms in total. The third-order valence-electron chi connectivity index (χ3n) is 4.41. The van der Waals surface area contributed by atoms with Gasteiger partial charge in [0.2, 0.25) is 5.91 Å². The Morgan fingerprint density at radius 2 is 1.76 bits per heavy atom. The van der Waals surface area contributed by atoms with E-state index in [2.05, 4.69) is 11.9 Å². The van der Waals surface area contributed by atoms with Crippen LogP contribution < -0.4 is 10.1 Å². The minimum atomic E-state index is -0.627. The van der Waals surface area contributed by atoms with Crippen LogP contribution in [-0.2, 0) is 11.3 Å². The highest BCUT2D eigenvalue weighted by atomic mass is 35.5. The second-order valence-electron chi connectivity index (χ2n) is 7.14. The quantitative estimate of drug-likeness (QED) is 0.622. The van der Waals surface area contributed by atoms with Gasteiger partial charge < -0.3 is 15.0 Å². The third kappa shape index (κ3) is 6.64. The number of nitrogens with one attached hydrogen (secondary N) is 1. The predicted octanol–water partition coefficient (Wildman–Crippen LogP) is 4.32. The SMILES string of the molecule is C=CCOc1ccc(CN(C)C(=O)[C@@H](NC(=O)c2ccc(Cl)cc2)C(C)C)cc1. The predicted molar refractivity (Wildman–Crippen MR) is 116 cm³/mol. The van der Waals surface area contributed by atoms with Gasteiger partial charge in [0.15, 0.2) is 0 Å². The lowest BCUT2D eigenvalue weighted by molar-refractivity contribution is -0.133. The van der Waals surface area contributed by atoms with Gasteiger partial charge in [-0.15, -0.1) is 0 Å². The first-order chi connectivity index (χ1) is 13.8. The Morgan fingerprint density at radius 3 is 2.31 bits per heavy atom. The van der Waals surface area contributed by atoms with E-state index in [0.717, 1.165) is 11.3 Å². The van der Waals surface area contributed by atoms with Crippen molar-refractivity contribution in [2.45, 2.75) is 26.4 Å². The van der Waals surface area contributed by atoms with Crippen LogP contribution in [0.3, 0.4) is 0 Å². The molecule has 2 aromatic rings. The van der Waals surface area contributed by atoms with Crippen LogP contribution in [0, 0.1) is 5.92 Å². The molecule has 1 N–H and O–H groups in total. The van der Waals surface area contributed by atoms with Gasteiger partial charge in [-0.25, -0.2) is 0 Å². The van der Waals surface area contributed by atoms with Gasteiger partial charge in [-0.3, -0.25) is 9.59 Å². The standard InChI is InChI=1S/C23H27ClN2O3/c1-5-14-29-20-12-6-17(7-13-20)15-26(4)23(28)21(16(2)3)25-22(27)18-8-10-19(24)11-9-18/h5-13,16,21H,1,14-15H2,2-4H3,(H,25,27)/t21-/m0/s1. The van der Waals surface area contributed by atoms with Gasteiger partial charge in [0.25, 0.3) is 5.91 Å². The van der Waals surface area contributed by atoms with Crippen molar-refractivity contribution in [3.63, 3.8) is 0 Å². The third-order valence-corrected chi connectivity index (χ3v) is 4.66. The van der Waals surface area contributed by atoms with E-state index in [9.17, 15) is 9.59 Å². The zero-order valence-electron chi connectivity index (χ0n) is 17.0. The number of halogens is 1. The molecule has 0 saturated heterocycles. The molecule has 0 aliphatic rings. The Balaban J connectivity index is 2.02. The highest BCUT2D eigenvalue weighted by molar-refractivity contribution is 6.30. The van der Waals surface area contributed by atoms with Gasteiger partial charge >= 0.3 is 0 Å². The van der Waals surface area contributed by atoms with E-state index in [1.165, 1.54) is 0 Å². The Hall–Kier alpha value is -2.79. The number of ether oxygens (including phenoxy) is 1. The van der Waals surface area contributed by atoms with E-state index < -0.39 is 6.04 Å². The lowest BCUT2D eigenvalue weighted by Crippen LogP contribution is -2.50. The molecule has 0 aliphatic carbocycles. The van der Waals surface area contributed by atoms with Gasteiger partial charge in [0.05, 0.1) is 0 Å². The van der Waals surface area contributed by atoms with Crippen molar-refractivity contribution in [2.75, 3.05) is 13.7 Å². The van der Waals surface area contributed by atoms with Gasteiger partial charge in [-0.05, 0) is 47.9 Å². The summed E-state index contributed by atoms with van der Waals surface area (Å²) < 4.78 is 5.47. The number of amides is 2. The number of benzene rings is 2. The summed E-state index contributed by atoms with van der Waals surface area (Å²) >= 11 is 5.87. The zero-order chi connectivity index (χ0) is 21.4. The lowest BCUT2D eigenvalue weighted by Gasteiger charge is -2.27. The summed E-state index contributed by atoms with van der Waals surface area (Å²) in [5.74, 6) is 0.244. The molecule has 0 aromatic heterocycles. The van der Waals surface area contributed by atoms with Crippen molar-refractivity contribution in [3.8, 4) is 5.75 Å². The Labute approximate surface area is 177 Å². The van der Waals surface area contributed by atoms with Crippen LogP contribution in [0.25, 0.3) is 0 Å². The van der Waals surface area contributed by atoms with Crippen LogP contribution in [0.5, 0.6) is 5.75 Å². The number of rotatable bonds is 9. The van der Waals surface area contributed by atoms with E-state index in [1.54, 1.807) is 42.3 Å². The molecule has 2 rings (SSSR count). The summed E-state index contributed by atoms with van der Waals surface area (Å²) in [5, 5.41) is 3.40. The topological polar surface area (TPSA) is 58.6 Å². The highest BCUT2D eigenvalue weighted by Crippen LogP contribution is 2.15. The Kier molecular flexibility index (Phi) is 8.28. The minimum absolute atomic E-state index is 0.0594. The molecule has 0 fully saturated rings. The molecule has 29 heavy (non-hydrogen) atoms. The van der Waals surface area contributed by atoms with Crippen LogP contribution in [0.2, 0.25) is 5.02 Å². The molecule has 1 atom stereocenters. The van der Waals surface area contributed by atoms with E-state index in [4.69, 9.17) is 16.3 Å². The number of hydrogen-bond donors (Lipinski definition) is 1. The maximum Gasteiger partial charge on any atom is 0.251 e. The smallest absolute Gasteiger partial charge is 0.251 e. The van der Waals surface area contributed by atoms with Crippen LogP contribution in [0.4, 0.5) is 0 Å². The molecule has 2 amide bonds. The van der Waals surface area contributed by atoms with Crippen LogP contribution in [0.15, 0.2) is 61.2 Å². The van der Waals surface area contributed by atoms with Crippen LogP contribution in [0.1, 0.15) is 29.8 Å². The van der Waals surface area contributed by atoms with E-state index in [-0.39, 0.29) is 17.7 Å². The Morgan fingerprint density at radius 1 is 1.14 bits per heavy atom. The lowest BCUT2D eigenvalue weighted by atomic mass is 10.0. The molecule has 2 aromatic carbocycles. The fraction of sp³-hybridized carbons (Fsp3) is 0.304. The van der Waals surface area contributed by atoms with Gasteiger partial charge in [0.1, 0.15) is 18.4 Å². The molecular formula is C23H27ClN2O3. The summed E-state index contributed by atoms with van der Waals surface area (Å²) in [6, 6.07) is 13.5. The Bertz CT molecular complexity index is 832. The highest BCUT2D eigenvalue weighted by Gasteiger charge is 2.27. The maximum absolute atomic E-state index is 13.0. The zero-order valence-corrected chi connectivity index (χ0v) is 17.8. The van der Waals surface area contributed by atoms with Crippen LogP contribution in [-0.4, -0.2) is 36.4 Å². The number of likely N-dealkylation sites (N-methyl/N-ethyl adjacent to an activating group) is 1. The molecule has 154 valence electrons. The average Bonchev–Trinajstić information content (AvgIpc) is 2.71. The summed E-state index contributed by atoms with van der Waals surface area (Å²) in [7, 11) is 1.73. The molecule has 0 aliphatic heterocycles. The van der Waals surface area contributed by atoms with Crippen LogP contribution >= 0.6 is 11.6 Å². The van der Waals surface area contributed by atoms with E-state index >= 15 is 0 Å². The fourth-order valence-electron chi connectivity index (χ4n) is 2.77. The second-order valence-corrected chi connectivity index (χ2v) is 7.58. The largest absolute Gasteiger partial charge is 0.490 e. The number of carbonyl (C=O) groups is 2. The van der Waals surface area contributed by atoms with Gasteiger partial charge in [-0.1, -0.05) is 50.2 Å². The maximum atomic E-state index is 13.0. The first-order valence-corrected chi connectivity index (χ1v) is 9.83. The van der Waals surface area contributed by atoms with Crippen molar-refractivity contribution < 1.29 is 14.3 Å². The van der Waals surface area contributed by atoms with Gasteiger partial charge in [-0.2, -0.15) is 0 Å². The molecule has 0 spiro atoms. The molecule has 6 heteroatoms. The van der Waals surface area contributed by atoms with Gasteiger partial charge in [0, 0.05) is 24.2 Å². The number of hydrogen-bond acceptors (Lipinski definition) is 3. The van der Waals surface area contributed by atoms with E-state index in [1.807, 2.05) is 38.1 Å². The molecule has 0 unspecified atom stereocenters. The number of carbonyl (C=O) groups excluding carboxylic acids is 2. The van der Waals surface area contributed by atoms with E-state index in [0.29, 0.717) is 23.7 Å². The average molecular weight is 415 g/mol. The van der Waals surface area contributed by atoms with Crippen molar-refractivity contribution in [1.82, 2.24) is 10.2 Å². The normalized spacial score (nSPS) is 11.6. The van der Waals surface area contributed by atoms with Crippen molar-refractivity contribution in [1.29, 1.82) is 0 Å². The first kappa shape index (κ1) is 22.5. The molecule has 0 saturated carbocycles. The molecule has 0 radical (unpaired) electrons. The second kappa shape index (κ2) is 10.7. The summed E-state index contributed by atoms with van der Waals surface area (Å²) in [6.45, 7) is 8.31.